The molecule has 1 unspecified atom stereocenters. The maximum absolute atomic E-state index is 11.5. The lowest BCUT2D eigenvalue weighted by Crippen LogP contribution is -2.21. The maximum Gasteiger partial charge on any atom is 0.175 e. The number of benzene rings is 1. The summed E-state index contributed by atoms with van der Waals surface area (Å²) in [5.74, 6) is 1.79. The van der Waals surface area contributed by atoms with Gasteiger partial charge < -0.3 is 9.73 Å². The van der Waals surface area contributed by atoms with Crippen molar-refractivity contribution in [2.45, 2.75) is 31.2 Å². The van der Waals surface area contributed by atoms with Crippen LogP contribution in [0.25, 0.3) is 0 Å². The maximum atomic E-state index is 11.5. The Labute approximate surface area is 126 Å². The van der Waals surface area contributed by atoms with E-state index in [1.54, 1.807) is 12.1 Å². The molecule has 4 nitrogen and oxygen atoms in total. The second kappa shape index (κ2) is 6.45. The number of hydrogen-bond acceptors (Lipinski definition) is 4. The van der Waals surface area contributed by atoms with Crippen molar-refractivity contribution < 1.29 is 12.8 Å². The monoisotopic (exact) mass is 307 g/mol. The highest BCUT2D eigenvalue weighted by Gasteiger charge is 2.17. The quantitative estimate of drug-likeness (QED) is 0.891. The molecule has 0 spiro atoms. The van der Waals surface area contributed by atoms with Crippen LogP contribution in [-0.2, 0) is 16.3 Å². The van der Waals surface area contributed by atoms with E-state index in [0.29, 0.717) is 4.90 Å². The predicted molar refractivity (Wildman–Crippen MR) is 83.2 cm³/mol. The minimum atomic E-state index is -3.17. The summed E-state index contributed by atoms with van der Waals surface area (Å²) in [5.41, 5.74) is 0.987. The van der Waals surface area contributed by atoms with Crippen LogP contribution in [0.5, 0.6) is 0 Å². The first kappa shape index (κ1) is 15.8. The average Bonchev–Trinajstić information content (AvgIpc) is 2.92. The van der Waals surface area contributed by atoms with Crippen molar-refractivity contribution in [2.24, 2.45) is 0 Å². The minimum Gasteiger partial charge on any atom is -0.464 e. The van der Waals surface area contributed by atoms with Gasteiger partial charge >= 0.3 is 0 Å². The van der Waals surface area contributed by atoms with Gasteiger partial charge in [-0.15, -0.1) is 0 Å². The van der Waals surface area contributed by atoms with Gasteiger partial charge in [0.05, 0.1) is 10.9 Å². The smallest absolute Gasteiger partial charge is 0.175 e. The van der Waals surface area contributed by atoms with E-state index in [0.717, 1.165) is 30.0 Å². The summed E-state index contributed by atoms with van der Waals surface area (Å²) in [6.45, 7) is 4.87. The first-order valence-electron chi connectivity index (χ1n) is 7.07. The topological polar surface area (TPSA) is 59.3 Å². The highest BCUT2D eigenvalue weighted by molar-refractivity contribution is 7.90. The van der Waals surface area contributed by atoms with Crippen LogP contribution in [0.3, 0.4) is 0 Å². The highest BCUT2D eigenvalue weighted by atomic mass is 32.2. The number of nitrogens with one attached hydrogen (secondary N) is 1. The first-order chi connectivity index (χ1) is 9.95. The molecule has 0 amide bonds. The first-order valence-corrected chi connectivity index (χ1v) is 8.96. The van der Waals surface area contributed by atoms with E-state index in [2.05, 4.69) is 5.32 Å². The molecule has 2 aromatic rings. The van der Waals surface area contributed by atoms with Gasteiger partial charge in [-0.1, -0.05) is 26.0 Å². The number of aryl methyl sites for hydroxylation is 1. The number of hydrogen-bond donors (Lipinski definition) is 1. The fraction of sp³-hybridized carbons (Fsp3) is 0.375. The molecule has 1 N–H and O–H groups in total. The van der Waals surface area contributed by atoms with Gasteiger partial charge in [-0.25, -0.2) is 8.42 Å². The molecule has 0 bridgehead atoms. The Morgan fingerprint density at radius 1 is 1.10 bits per heavy atom. The molecule has 0 aliphatic carbocycles. The van der Waals surface area contributed by atoms with Gasteiger partial charge in [0.1, 0.15) is 11.5 Å². The summed E-state index contributed by atoms with van der Waals surface area (Å²) >= 11 is 0. The lowest BCUT2D eigenvalue weighted by Gasteiger charge is -2.16. The van der Waals surface area contributed by atoms with Crippen LogP contribution in [0.1, 0.15) is 37.0 Å². The van der Waals surface area contributed by atoms with Crippen LogP contribution in [0.2, 0.25) is 0 Å². The normalized spacial score (nSPS) is 13.3. The van der Waals surface area contributed by atoms with Gasteiger partial charge in [0.15, 0.2) is 9.84 Å². The molecule has 0 saturated heterocycles. The summed E-state index contributed by atoms with van der Waals surface area (Å²) in [5, 5.41) is 3.37. The molecule has 2 rings (SSSR count). The third-order valence-corrected chi connectivity index (χ3v) is 4.49. The van der Waals surface area contributed by atoms with Crippen molar-refractivity contribution in [2.75, 3.05) is 12.8 Å². The summed E-state index contributed by atoms with van der Waals surface area (Å²) in [4.78, 5) is 0.329. The van der Waals surface area contributed by atoms with Gasteiger partial charge in [0.2, 0.25) is 0 Å². The SMILES string of the molecule is CCNC(c1ccc(S(C)(=O)=O)cc1)c1ccc(CC)o1. The molecule has 1 atom stereocenters. The summed E-state index contributed by atoms with van der Waals surface area (Å²) in [6.07, 6.45) is 2.07. The highest BCUT2D eigenvalue weighted by Crippen LogP contribution is 2.25. The molecule has 114 valence electrons. The molecule has 0 saturated carbocycles. The Hall–Kier alpha value is -1.59. The van der Waals surface area contributed by atoms with Gasteiger partial charge in [-0.2, -0.15) is 0 Å². The lowest BCUT2D eigenvalue weighted by atomic mass is 10.0. The minimum absolute atomic E-state index is 0.0658. The van der Waals surface area contributed by atoms with E-state index in [1.165, 1.54) is 6.26 Å². The van der Waals surface area contributed by atoms with Crippen molar-refractivity contribution in [3.8, 4) is 0 Å². The van der Waals surface area contributed by atoms with Crippen LogP contribution < -0.4 is 5.32 Å². The fourth-order valence-corrected chi connectivity index (χ4v) is 2.86. The van der Waals surface area contributed by atoms with Crippen molar-refractivity contribution >= 4 is 9.84 Å². The number of rotatable bonds is 6. The van der Waals surface area contributed by atoms with E-state index < -0.39 is 9.84 Å². The van der Waals surface area contributed by atoms with E-state index in [9.17, 15) is 8.42 Å². The molecule has 5 heteroatoms. The lowest BCUT2D eigenvalue weighted by molar-refractivity contribution is 0.426. The zero-order chi connectivity index (χ0) is 15.5. The largest absolute Gasteiger partial charge is 0.464 e. The second-order valence-corrected chi connectivity index (χ2v) is 7.01. The third kappa shape index (κ3) is 3.74. The standard InChI is InChI=1S/C16H21NO3S/c1-4-13-8-11-15(20-13)16(17-5-2)12-6-9-14(10-7-12)21(3,18)19/h6-11,16-17H,4-5H2,1-3H3. The molecular weight excluding hydrogens is 286 g/mol. The Bertz CT molecular complexity index is 687. The molecule has 0 aliphatic heterocycles. The van der Waals surface area contributed by atoms with Crippen LogP contribution >= 0.6 is 0 Å². The fourth-order valence-electron chi connectivity index (χ4n) is 2.23. The van der Waals surface area contributed by atoms with Crippen LogP contribution in [0, 0.1) is 0 Å². The van der Waals surface area contributed by atoms with Gasteiger partial charge in [-0.05, 0) is 36.4 Å². The Kier molecular flexibility index (Phi) is 4.85. The predicted octanol–water partition coefficient (Wildman–Crippen LogP) is 2.94. The molecule has 0 radical (unpaired) electrons. The van der Waals surface area contributed by atoms with Crippen LogP contribution in [0.4, 0.5) is 0 Å². The summed E-state index contributed by atoms with van der Waals surface area (Å²) in [6, 6.07) is 10.8. The zero-order valence-electron chi connectivity index (χ0n) is 12.6. The van der Waals surface area contributed by atoms with Crippen molar-refractivity contribution in [1.29, 1.82) is 0 Å². The van der Waals surface area contributed by atoms with Gasteiger partial charge in [-0.3, -0.25) is 0 Å². The van der Waals surface area contributed by atoms with Crippen LogP contribution in [0.15, 0.2) is 45.7 Å². The summed E-state index contributed by atoms with van der Waals surface area (Å²) in [7, 11) is -3.17. The third-order valence-electron chi connectivity index (χ3n) is 3.37. The Morgan fingerprint density at radius 3 is 2.24 bits per heavy atom. The molecule has 0 fully saturated rings. The summed E-state index contributed by atoms with van der Waals surface area (Å²) < 4.78 is 28.9. The molecule has 1 aromatic carbocycles. The average molecular weight is 307 g/mol. The van der Waals surface area contributed by atoms with Crippen molar-refractivity contribution in [3.63, 3.8) is 0 Å². The van der Waals surface area contributed by atoms with Gasteiger partial charge in [0, 0.05) is 12.7 Å². The molecule has 21 heavy (non-hydrogen) atoms. The molecule has 1 aromatic heterocycles. The molecule has 1 heterocycles. The van der Waals surface area contributed by atoms with E-state index in [4.69, 9.17) is 4.42 Å². The van der Waals surface area contributed by atoms with Crippen molar-refractivity contribution in [1.82, 2.24) is 5.32 Å². The Morgan fingerprint density at radius 2 is 1.76 bits per heavy atom. The number of furan rings is 1. The number of sulfone groups is 1. The van der Waals surface area contributed by atoms with Crippen molar-refractivity contribution in [3.05, 3.63) is 53.5 Å². The molecule has 0 aliphatic rings. The molecular formula is C16H21NO3S. The van der Waals surface area contributed by atoms with E-state index in [-0.39, 0.29) is 6.04 Å². The van der Waals surface area contributed by atoms with E-state index in [1.807, 2.05) is 38.1 Å². The zero-order valence-corrected chi connectivity index (χ0v) is 13.4. The van der Waals surface area contributed by atoms with Gasteiger partial charge in [0.25, 0.3) is 0 Å². The Balaban J connectivity index is 2.34. The van der Waals surface area contributed by atoms with E-state index >= 15 is 0 Å². The second-order valence-electron chi connectivity index (χ2n) is 4.99. The van der Waals surface area contributed by atoms with Crippen LogP contribution in [-0.4, -0.2) is 21.2 Å².